The third-order valence-electron chi connectivity index (χ3n) is 1.55. The molecule has 1 heterocycles. The summed E-state index contributed by atoms with van der Waals surface area (Å²) < 4.78 is 22.0. The summed E-state index contributed by atoms with van der Waals surface area (Å²) in [7, 11) is -3.62. The second-order valence-corrected chi connectivity index (χ2v) is 6.76. The molecule has 1 atom stereocenters. The quantitative estimate of drug-likeness (QED) is 0.830. The summed E-state index contributed by atoms with van der Waals surface area (Å²) in [5, 5.41) is 8.66. The molecule has 1 unspecified atom stereocenters. The molecule has 0 saturated heterocycles. The van der Waals surface area contributed by atoms with Crippen LogP contribution in [0.3, 0.4) is 0 Å². The van der Waals surface area contributed by atoms with Crippen LogP contribution in [-0.2, 0) is 10.0 Å². The maximum atomic E-state index is 11.0. The zero-order valence-corrected chi connectivity index (χ0v) is 10.9. The van der Waals surface area contributed by atoms with Crippen molar-refractivity contribution in [2.24, 2.45) is 5.14 Å². The molecule has 8 heteroatoms. The van der Waals surface area contributed by atoms with Crippen molar-refractivity contribution in [2.75, 3.05) is 17.3 Å². The minimum absolute atomic E-state index is 0.0846. The summed E-state index contributed by atoms with van der Waals surface area (Å²) in [6, 6.07) is 0.250. The number of hydrogen-bond donors (Lipinski definition) is 2. The number of sulfonamides is 1. The first-order valence-corrected chi connectivity index (χ1v) is 7.93. The SMILES string of the molecule is CSCC(C)Nc1ncc(S(N)(=O)=O)s1. The van der Waals surface area contributed by atoms with Gasteiger partial charge in [-0.1, -0.05) is 11.3 Å². The maximum absolute atomic E-state index is 11.0. The van der Waals surface area contributed by atoms with Crippen molar-refractivity contribution in [1.29, 1.82) is 0 Å². The van der Waals surface area contributed by atoms with Crippen molar-refractivity contribution >= 4 is 38.3 Å². The first kappa shape index (κ1) is 12.8. The number of nitrogens with zero attached hydrogens (tertiary/aromatic N) is 1. The van der Waals surface area contributed by atoms with E-state index in [4.69, 9.17) is 5.14 Å². The van der Waals surface area contributed by atoms with Crippen molar-refractivity contribution in [3.8, 4) is 0 Å². The molecule has 0 radical (unpaired) electrons. The molecular formula is C7H13N3O2S3. The molecule has 15 heavy (non-hydrogen) atoms. The Hall–Kier alpha value is -0.310. The Morgan fingerprint density at radius 3 is 2.87 bits per heavy atom. The van der Waals surface area contributed by atoms with Crippen molar-refractivity contribution in [3.63, 3.8) is 0 Å². The van der Waals surface area contributed by atoms with Crippen LogP contribution in [0.5, 0.6) is 0 Å². The highest BCUT2D eigenvalue weighted by Gasteiger charge is 2.13. The summed E-state index contributed by atoms with van der Waals surface area (Å²) in [5.41, 5.74) is 0. The van der Waals surface area contributed by atoms with Gasteiger partial charge in [-0.2, -0.15) is 11.8 Å². The van der Waals surface area contributed by atoms with Gasteiger partial charge in [0.15, 0.2) is 9.34 Å². The predicted octanol–water partition coefficient (Wildman–Crippen LogP) is 0.954. The molecule has 0 fully saturated rings. The fourth-order valence-electron chi connectivity index (χ4n) is 0.960. The van der Waals surface area contributed by atoms with Crippen LogP contribution in [0.15, 0.2) is 10.4 Å². The smallest absolute Gasteiger partial charge is 0.249 e. The third kappa shape index (κ3) is 3.98. The second kappa shape index (κ2) is 5.15. The van der Waals surface area contributed by atoms with Crippen LogP contribution in [-0.4, -0.2) is 31.5 Å². The highest BCUT2D eigenvalue weighted by atomic mass is 32.2. The van der Waals surface area contributed by atoms with E-state index in [1.165, 1.54) is 6.20 Å². The molecule has 0 amide bonds. The molecule has 0 spiro atoms. The Balaban J connectivity index is 2.69. The number of aromatic nitrogens is 1. The van der Waals surface area contributed by atoms with Gasteiger partial charge in [0.2, 0.25) is 10.0 Å². The van der Waals surface area contributed by atoms with Gasteiger partial charge in [0.1, 0.15) is 0 Å². The Morgan fingerprint density at radius 1 is 1.73 bits per heavy atom. The van der Waals surface area contributed by atoms with Crippen LogP contribution < -0.4 is 10.5 Å². The van der Waals surface area contributed by atoms with Gasteiger partial charge >= 0.3 is 0 Å². The van der Waals surface area contributed by atoms with Crippen molar-refractivity contribution in [2.45, 2.75) is 17.2 Å². The molecule has 1 aromatic rings. The Morgan fingerprint density at radius 2 is 2.40 bits per heavy atom. The van der Waals surface area contributed by atoms with Gasteiger partial charge in [0.05, 0.1) is 6.20 Å². The van der Waals surface area contributed by atoms with Crippen LogP contribution in [0, 0.1) is 0 Å². The summed E-state index contributed by atoms with van der Waals surface area (Å²) >= 11 is 2.76. The van der Waals surface area contributed by atoms with E-state index in [0.717, 1.165) is 17.1 Å². The topological polar surface area (TPSA) is 85.1 Å². The summed E-state index contributed by atoms with van der Waals surface area (Å²) in [6.07, 6.45) is 3.28. The number of nitrogens with two attached hydrogens (primary N) is 1. The lowest BCUT2D eigenvalue weighted by atomic mass is 10.4. The molecule has 0 bridgehead atoms. The minimum Gasteiger partial charge on any atom is -0.358 e. The highest BCUT2D eigenvalue weighted by molar-refractivity contribution is 7.98. The number of nitrogens with one attached hydrogen (secondary N) is 1. The zero-order chi connectivity index (χ0) is 11.5. The standard InChI is InChI=1S/C7H13N3O2S3/c1-5(4-13-2)10-7-9-3-6(14-7)15(8,11)12/h3,5H,4H2,1-2H3,(H,9,10)(H2,8,11,12). The van der Waals surface area contributed by atoms with E-state index in [2.05, 4.69) is 10.3 Å². The number of primary sulfonamides is 1. The third-order valence-corrected chi connectivity index (χ3v) is 4.72. The summed E-state index contributed by atoms with van der Waals surface area (Å²) in [6.45, 7) is 2.01. The molecule has 86 valence electrons. The molecule has 1 rings (SSSR count). The van der Waals surface area contributed by atoms with Crippen molar-refractivity contribution < 1.29 is 8.42 Å². The van der Waals surface area contributed by atoms with E-state index < -0.39 is 10.0 Å². The van der Waals surface area contributed by atoms with E-state index in [1.807, 2.05) is 13.2 Å². The van der Waals surface area contributed by atoms with E-state index in [0.29, 0.717) is 5.13 Å². The summed E-state index contributed by atoms with van der Waals surface area (Å²) in [4.78, 5) is 3.94. The number of rotatable bonds is 5. The van der Waals surface area contributed by atoms with E-state index in [9.17, 15) is 8.42 Å². The van der Waals surface area contributed by atoms with E-state index in [1.54, 1.807) is 11.8 Å². The second-order valence-electron chi connectivity index (χ2n) is 3.03. The number of thiazole rings is 1. The maximum Gasteiger partial charge on any atom is 0.249 e. The normalized spacial score (nSPS) is 13.8. The molecule has 0 aliphatic carbocycles. The molecule has 0 aromatic carbocycles. The zero-order valence-electron chi connectivity index (χ0n) is 8.43. The molecule has 5 nitrogen and oxygen atoms in total. The monoisotopic (exact) mass is 267 g/mol. The molecular weight excluding hydrogens is 254 g/mol. The Kier molecular flexibility index (Phi) is 4.38. The van der Waals surface area contributed by atoms with Crippen LogP contribution in [0.4, 0.5) is 5.13 Å². The van der Waals surface area contributed by atoms with Crippen molar-refractivity contribution in [3.05, 3.63) is 6.20 Å². The lowest BCUT2D eigenvalue weighted by Crippen LogP contribution is -2.17. The minimum atomic E-state index is -3.62. The van der Waals surface area contributed by atoms with Crippen LogP contribution in [0.25, 0.3) is 0 Å². The average Bonchev–Trinajstić information content (AvgIpc) is 2.52. The van der Waals surface area contributed by atoms with Gasteiger partial charge in [-0.3, -0.25) is 0 Å². The number of hydrogen-bond acceptors (Lipinski definition) is 6. The predicted molar refractivity (Wildman–Crippen MR) is 65.0 cm³/mol. The van der Waals surface area contributed by atoms with Gasteiger partial charge in [0.25, 0.3) is 0 Å². The highest BCUT2D eigenvalue weighted by Crippen LogP contribution is 2.22. The van der Waals surface area contributed by atoms with Crippen LogP contribution in [0.2, 0.25) is 0 Å². The molecule has 0 aliphatic heterocycles. The summed E-state index contributed by atoms with van der Waals surface area (Å²) in [5.74, 6) is 0.935. The Bertz CT molecular complexity index is 415. The van der Waals surface area contributed by atoms with E-state index >= 15 is 0 Å². The van der Waals surface area contributed by atoms with Gasteiger partial charge in [-0.05, 0) is 13.2 Å². The van der Waals surface area contributed by atoms with Gasteiger partial charge in [-0.25, -0.2) is 18.5 Å². The molecule has 0 aliphatic rings. The fourth-order valence-corrected chi connectivity index (χ4v) is 3.11. The fraction of sp³-hybridized carbons (Fsp3) is 0.571. The molecule has 3 N–H and O–H groups in total. The first-order valence-electron chi connectivity index (χ1n) is 4.17. The largest absolute Gasteiger partial charge is 0.358 e. The molecule has 1 aromatic heterocycles. The van der Waals surface area contributed by atoms with Gasteiger partial charge < -0.3 is 5.32 Å². The lowest BCUT2D eigenvalue weighted by Gasteiger charge is -2.10. The van der Waals surface area contributed by atoms with Crippen molar-refractivity contribution in [1.82, 2.24) is 4.98 Å². The first-order chi connectivity index (χ1) is 6.93. The molecule has 0 saturated carbocycles. The van der Waals surface area contributed by atoms with E-state index in [-0.39, 0.29) is 10.3 Å². The van der Waals surface area contributed by atoms with Crippen LogP contribution in [0.1, 0.15) is 6.92 Å². The Labute approximate surface area is 97.5 Å². The number of thioether (sulfide) groups is 1. The van der Waals surface area contributed by atoms with Gasteiger partial charge in [0, 0.05) is 11.8 Å². The van der Waals surface area contributed by atoms with Gasteiger partial charge in [-0.15, -0.1) is 0 Å². The average molecular weight is 267 g/mol. The van der Waals surface area contributed by atoms with Crippen LogP contribution >= 0.6 is 23.1 Å². The lowest BCUT2D eigenvalue weighted by molar-refractivity contribution is 0.599. The number of anilines is 1.